The van der Waals surface area contributed by atoms with Gasteiger partial charge in [-0.25, -0.2) is 3.53 Å². The number of hydrogen-bond donors (Lipinski definition) is 2. The Morgan fingerprint density at radius 2 is 2.08 bits per heavy atom. The van der Waals surface area contributed by atoms with Gasteiger partial charge in [0, 0.05) is 22.9 Å². The van der Waals surface area contributed by atoms with Crippen LogP contribution in [0.25, 0.3) is 0 Å². The van der Waals surface area contributed by atoms with Crippen LogP contribution in [0.15, 0.2) is 30.3 Å². The lowest BCUT2D eigenvalue weighted by Crippen LogP contribution is -2.38. The van der Waals surface area contributed by atoms with Gasteiger partial charge in [-0.2, -0.15) is 0 Å². The van der Waals surface area contributed by atoms with Gasteiger partial charge in [-0.15, -0.1) is 0 Å². The molecule has 1 unspecified atom stereocenters. The third-order valence-corrected chi connectivity index (χ3v) is 2.51. The number of amides is 1. The molecular weight excluding hydrogens is 279 g/mol. The molecule has 1 aromatic rings. The maximum absolute atomic E-state index is 10.9. The number of nitrogens with one attached hydrogen (secondary N) is 1. The highest BCUT2D eigenvalue weighted by Crippen LogP contribution is 2.03. The Morgan fingerprint density at radius 1 is 1.46 bits per heavy atom. The molecule has 13 heavy (non-hydrogen) atoms. The van der Waals surface area contributed by atoms with Crippen molar-refractivity contribution in [3.05, 3.63) is 35.9 Å². The topological polar surface area (TPSA) is 55.1 Å². The average molecular weight is 290 g/mol. The van der Waals surface area contributed by atoms with Crippen LogP contribution in [-0.4, -0.2) is 11.9 Å². The lowest BCUT2D eigenvalue weighted by molar-refractivity contribution is -0.119. The van der Waals surface area contributed by atoms with Gasteiger partial charge >= 0.3 is 0 Å². The second kappa shape index (κ2) is 5.18. The van der Waals surface area contributed by atoms with E-state index in [-0.39, 0.29) is 11.9 Å². The molecule has 0 saturated heterocycles. The smallest absolute Gasteiger partial charge is 0.235 e. The molecule has 0 heterocycles. The fraction of sp³-hybridized carbons (Fsp3) is 0.222. The molecule has 1 rings (SSSR count). The number of primary amides is 1. The Hall–Kier alpha value is -0.620. The molecule has 0 radical (unpaired) electrons. The second-order valence-corrected chi connectivity index (χ2v) is 3.38. The van der Waals surface area contributed by atoms with E-state index in [2.05, 4.69) is 3.53 Å². The molecular formula is C9H11IN2O. The molecule has 1 amide bonds. The van der Waals surface area contributed by atoms with Crippen molar-refractivity contribution >= 4 is 28.8 Å². The van der Waals surface area contributed by atoms with Crippen molar-refractivity contribution in [3.8, 4) is 0 Å². The Kier molecular flexibility index (Phi) is 4.17. The van der Waals surface area contributed by atoms with Crippen molar-refractivity contribution in [2.24, 2.45) is 5.73 Å². The first-order valence-electron chi connectivity index (χ1n) is 3.93. The lowest BCUT2D eigenvalue weighted by atomic mass is 10.1. The second-order valence-electron chi connectivity index (χ2n) is 2.75. The van der Waals surface area contributed by atoms with Gasteiger partial charge in [0.15, 0.2) is 0 Å². The van der Waals surface area contributed by atoms with Crippen LogP contribution in [0.4, 0.5) is 0 Å². The van der Waals surface area contributed by atoms with Crippen LogP contribution in [-0.2, 0) is 11.2 Å². The van der Waals surface area contributed by atoms with Crippen LogP contribution in [0.2, 0.25) is 0 Å². The third-order valence-electron chi connectivity index (χ3n) is 1.76. The van der Waals surface area contributed by atoms with Crippen LogP contribution in [0, 0.1) is 0 Å². The Bertz CT molecular complexity index is 276. The Balaban J connectivity index is 2.62. The number of carbonyl (C=O) groups is 1. The molecule has 3 nitrogen and oxygen atoms in total. The Labute approximate surface area is 91.2 Å². The van der Waals surface area contributed by atoms with E-state index in [1.807, 2.05) is 53.2 Å². The summed E-state index contributed by atoms with van der Waals surface area (Å²) >= 11 is 1.94. The summed E-state index contributed by atoms with van der Waals surface area (Å²) in [5, 5.41) is 0. The molecule has 0 aromatic heterocycles. The summed E-state index contributed by atoms with van der Waals surface area (Å²) in [5.74, 6) is -0.321. The molecule has 0 aliphatic heterocycles. The largest absolute Gasteiger partial charge is 0.368 e. The minimum absolute atomic E-state index is 0.289. The normalized spacial score (nSPS) is 12.4. The molecule has 0 fully saturated rings. The van der Waals surface area contributed by atoms with Crippen molar-refractivity contribution in [3.63, 3.8) is 0 Å². The van der Waals surface area contributed by atoms with Crippen molar-refractivity contribution in [1.29, 1.82) is 0 Å². The van der Waals surface area contributed by atoms with Crippen molar-refractivity contribution in [1.82, 2.24) is 3.53 Å². The SMILES string of the molecule is NC(=O)C(Cc1ccccc1)NI. The number of hydrogen-bond acceptors (Lipinski definition) is 2. The third kappa shape index (κ3) is 3.31. The molecule has 1 aromatic carbocycles. The van der Waals surface area contributed by atoms with Gasteiger partial charge < -0.3 is 5.73 Å². The van der Waals surface area contributed by atoms with E-state index in [4.69, 9.17) is 5.73 Å². The van der Waals surface area contributed by atoms with Crippen LogP contribution in [0.3, 0.4) is 0 Å². The summed E-state index contributed by atoms with van der Waals surface area (Å²) in [5.41, 5.74) is 6.30. The highest BCUT2D eigenvalue weighted by molar-refractivity contribution is 14.1. The van der Waals surface area contributed by atoms with Crippen LogP contribution >= 0.6 is 22.9 Å². The van der Waals surface area contributed by atoms with Crippen molar-refractivity contribution in [2.75, 3.05) is 0 Å². The monoisotopic (exact) mass is 290 g/mol. The van der Waals surface area contributed by atoms with E-state index in [0.29, 0.717) is 6.42 Å². The molecule has 0 bridgehead atoms. The predicted octanol–water partition coefficient (Wildman–Crippen LogP) is 1.02. The summed E-state index contributed by atoms with van der Waals surface area (Å²) in [6.07, 6.45) is 0.638. The van der Waals surface area contributed by atoms with Gasteiger partial charge in [0.25, 0.3) is 0 Å². The fourth-order valence-corrected chi connectivity index (χ4v) is 1.57. The summed E-state index contributed by atoms with van der Waals surface area (Å²) in [7, 11) is 0. The van der Waals surface area contributed by atoms with E-state index < -0.39 is 0 Å². The van der Waals surface area contributed by atoms with Crippen molar-refractivity contribution in [2.45, 2.75) is 12.5 Å². The van der Waals surface area contributed by atoms with E-state index in [0.717, 1.165) is 5.56 Å². The molecule has 0 aliphatic carbocycles. The summed E-state index contributed by atoms with van der Waals surface area (Å²) in [4.78, 5) is 10.9. The number of halogens is 1. The van der Waals surface area contributed by atoms with E-state index in [1.165, 1.54) is 0 Å². The summed E-state index contributed by atoms with van der Waals surface area (Å²) < 4.78 is 2.85. The van der Waals surface area contributed by atoms with Gasteiger partial charge in [-0.1, -0.05) is 30.3 Å². The van der Waals surface area contributed by atoms with Gasteiger partial charge in [-0.05, 0) is 12.0 Å². The van der Waals surface area contributed by atoms with Gasteiger partial charge in [-0.3, -0.25) is 4.79 Å². The van der Waals surface area contributed by atoms with Gasteiger partial charge in [0.1, 0.15) is 0 Å². The minimum Gasteiger partial charge on any atom is -0.368 e. The Morgan fingerprint density at radius 3 is 2.54 bits per heavy atom. The maximum Gasteiger partial charge on any atom is 0.235 e. The molecule has 0 saturated carbocycles. The van der Waals surface area contributed by atoms with E-state index in [1.54, 1.807) is 0 Å². The molecule has 1 atom stereocenters. The lowest BCUT2D eigenvalue weighted by Gasteiger charge is -2.10. The van der Waals surface area contributed by atoms with Crippen LogP contribution < -0.4 is 9.26 Å². The van der Waals surface area contributed by atoms with Crippen LogP contribution in [0.1, 0.15) is 5.56 Å². The summed E-state index contributed by atoms with van der Waals surface area (Å²) in [6, 6.07) is 9.50. The quantitative estimate of drug-likeness (QED) is 0.642. The number of carbonyl (C=O) groups excluding carboxylic acids is 1. The molecule has 70 valence electrons. The number of benzene rings is 1. The highest BCUT2D eigenvalue weighted by Gasteiger charge is 2.13. The molecule has 0 aliphatic rings. The first-order valence-corrected chi connectivity index (χ1v) is 5.01. The maximum atomic E-state index is 10.9. The highest BCUT2D eigenvalue weighted by atomic mass is 127. The van der Waals surface area contributed by atoms with E-state index >= 15 is 0 Å². The predicted molar refractivity (Wildman–Crippen MR) is 60.3 cm³/mol. The van der Waals surface area contributed by atoms with Crippen LogP contribution in [0.5, 0.6) is 0 Å². The zero-order chi connectivity index (χ0) is 9.68. The average Bonchev–Trinajstić information content (AvgIpc) is 2.15. The number of rotatable bonds is 4. The molecule has 4 heteroatoms. The first-order chi connectivity index (χ1) is 6.24. The van der Waals surface area contributed by atoms with Gasteiger partial charge in [0.2, 0.25) is 5.91 Å². The zero-order valence-corrected chi connectivity index (χ0v) is 9.19. The van der Waals surface area contributed by atoms with Gasteiger partial charge in [0.05, 0.1) is 6.04 Å². The molecule has 0 spiro atoms. The number of nitrogens with two attached hydrogens (primary N) is 1. The standard InChI is InChI=1S/C9H11IN2O/c10-12-8(9(11)13)6-7-4-2-1-3-5-7/h1-5,8,12H,6H2,(H2,11,13). The minimum atomic E-state index is -0.321. The van der Waals surface area contributed by atoms with E-state index in [9.17, 15) is 4.79 Å². The zero-order valence-electron chi connectivity index (χ0n) is 7.03. The molecule has 3 N–H and O–H groups in total. The fourth-order valence-electron chi connectivity index (χ4n) is 1.04. The first kappa shape index (κ1) is 10.5. The summed E-state index contributed by atoms with van der Waals surface area (Å²) in [6.45, 7) is 0. The van der Waals surface area contributed by atoms with Crippen molar-refractivity contribution < 1.29 is 4.79 Å².